The molecule has 0 bridgehead atoms. The molecule has 2 aliphatic rings. The van der Waals surface area contributed by atoms with Gasteiger partial charge >= 0.3 is 0 Å². The van der Waals surface area contributed by atoms with Crippen molar-refractivity contribution in [2.45, 2.75) is 62.9 Å². The van der Waals surface area contributed by atoms with E-state index in [1.54, 1.807) is 7.11 Å². The molecule has 1 unspecified atom stereocenters. The van der Waals surface area contributed by atoms with E-state index in [1.807, 2.05) is 152 Å². The average molecular weight is 825 g/mol. The summed E-state index contributed by atoms with van der Waals surface area (Å²) < 4.78 is 51.4. The summed E-state index contributed by atoms with van der Waals surface area (Å²) in [4.78, 5) is 0. The van der Waals surface area contributed by atoms with Gasteiger partial charge in [-0.3, -0.25) is 0 Å². The highest BCUT2D eigenvalue weighted by atomic mass is 16.6. The molecule has 0 saturated carbocycles. The number of fused-ring (bicyclic) bond motifs is 1. The van der Waals surface area contributed by atoms with Crippen LogP contribution in [0.15, 0.2) is 152 Å². The van der Waals surface area contributed by atoms with E-state index in [0.29, 0.717) is 48.2 Å². The predicted molar refractivity (Wildman–Crippen MR) is 230 cm³/mol. The first-order valence-corrected chi connectivity index (χ1v) is 20.7. The molecule has 0 aliphatic carbocycles. The topological polar surface area (TPSA) is 114 Å². The molecule has 0 radical (unpaired) electrons. The van der Waals surface area contributed by atoms with E-state index in [-0.39, 0.29) is 33.0 Å². The molecule has 0 spiro atoms. The number of aliphatic hydroxyl groups is 2. The molecule has 1 saturated heterocycles. The van der Waals surface area contributed by atoms with Crippen molar-refractivity contribution in [2.75, 3.05) is 33.5 Å². The van der Waals surface area contributed by atoms with Gasteiger partial charge in [0.15, 0.2) is 11.5 Å². The lowest BCUT2D eigenvalue weighted by Gasteiger charge is -2.51. The molecule has 0 aromatic heterocycles. The SMILES string of the molecule is COc1cc(OCc2ccccc2)c([C@@H]2O[C@H](COCc3ccccc3)C(O)(CO)[C@H](OCc3ccccc3)[C@H]2OCc2ccccc2)cc1Cc1ccc2c(c1)OCCO2. The van der Waals surface area contributed by atoms with Crippen LogP contribution in [0.2, 0.25) is 0 Å². The summed E-state index contributed by atoms with van der Waals surface area (Å²) in [7, 11) is 1.64. The summed E-state index contributed by atoms with van der Waals surface area (Å²) in [5, 5.41) is 23.9. The Balaban J connectivity index is 1.23. The minimum absolute atomic E-state index is 0.0561. The maximum atomic E-state index is 12.7. The first-order valence-electron chi connectivity index (χ1n) is 20.7. The molecule has 316 valence electrons. The van der Waals surface area contributed by atoms with E-state index in [0.717, 1.165) is 33.4 Å². The Labute approximate surface area is 357 Å². The second kappa shape index (κ2) is 20.2. The zero-order valence-electron chi connectivity index (χ0n) is 34.3. The molecule has 10 nitrogen and oxygen atoms in total. The van der Waals surface area contributed by atoms with Gasteiger partial charge in [0, 0.05) is 18.1 Å². The van der Waals surface area contributed by atoms with Crippen molar-refractivity contribution in [2.24, 2.45) is 0 Å². The van der Waals surface area contributed by atoms with Gasteiger partial charge in [0.1, 0.15) is 61.3 Å². The second-order valence-corrected chi connectivity index (χ2v) is 15.3. The third-order valence-electron chi connectivity index (χ3n) is 11.1. The highest BCUT2D eigenvalue weighted by Crippen LogP contribution is 2.46. The number of ether oxygens (including phenoxy) is 8. The van der Waals surface area contributed by atoms with Gasteiger partial charge in [0.05, 0.1) is 40.1 Å². The lowest BCUT2D eigenvalue weighted by Crippen LogP contribution is -2.67. The van der Waals surface area contributed by atoms with Crippen LogP contribution in [0.4, 0.5) is 0 Å². The normalized spacial score (nSPS) is 20.8. The van der Waals surface area contributed by atoms with E-state index >= 15 is 0 Å². The van der Waals surface area contributed by atoms with E-state index < -0.39 is 36.6 Å². The zero-order chi connectivity index (χ0) is 41.9. The Kier molecular flexibility index (Phi) is 13.9. The van der Waals surface area contributed by atoms with Gasteiger partial charge in [0.25, 0.3) is 0 Å². The number of aliphatic hydroxyl groups excluding tert-OH is 1. The highest BCUT2D eigenvalue weighted by Gasteiger charge is 2.57. The monoisotopic (exact) mass is 824 g/mol. The largest absolute Gasteiger partial charge is 0.496 e. The summed E-state index contributed by atoms with van der Waals surface area (Å²) in [6.45, 7) is 1.08. The van der Waals surface area contributed by atoms with Crippen LogP contribution in [-0.4, -0.2) is 67.7 Å². The fraction of sp³-hybridized carbons (Fsp3) is 0.294. The van der Waals surface area contributed by atoms with Crippen LogP contribution in [0.1, 0.15) is 45.0 Å². The molecular formula is C51H52O10. The molecular weight excluding hydrogens is 773 g/mol. The molecule has 6 aromatic carbocycles. The molecule has 10 heteroatoms. The fourth-order valence-electron chi connectivity index (χ4n) is 7.88. The molecule has 1 fully saturated rings. The standard InChI is InChI=1S/C51H52O10/c1-54-44-29-45(58-31-37-16-8-3-9-17-37)42(28-41(44)26-40-22-23-43-46(27-40)57-25-24-56-43)48-49(59-32-38-18-10-4-11-19-38)50(60-33-39-20-12-5-13-21-39)51(53,35-52)47(61-48)34-55-30-36-14-6-2-7-15-36/h2-23,27-29,47-50,52-53H,24-26,30-35H2,1H3/t47-,48+,49+,50-,51?/m1/s1. The number of hydrogen-bond donors (Lipinski definition) is 2. The number of hydrogen-bond acceptors (Lipinski definition) is 10. The van der Waals surface area contributed by atoms with E-state index in [1.165, 1.54) is 0 Å². The Morgan fingerprint density at radius 1 is 0.607 bits per heavy atom. The van der Waals surface area contributed by atoms with Crippen molar-refractivity contribution in [1.82, 2.24) is 0 Å². The first-order chi connectivity index (χ1) is 30.0. The summed E-state index contributed by atoms with van der Waals surface area (Å²) in [6.07, 6.45) is -3.53. The molecule has 6 aromatic rings. The van der Waals surface area contributed by atoms with Crippen LogP contribution >= 0.6 is 0 Å². The van der Waals surface area contributed by atoms with Crippen molar-refractivity contribution in [1.29, 1.82) is 0 Å². The van der Waals surface area contributed by atoms with Gasteiger partial charge in [-0.25, -0.2) is 0 Å². The summed E-state index contributed by atoms with van der Waals surface area (Å²) in [5.41, 5.74) is 4.28. The molecule has 5 atom stereocenters. The summed E-state index contributed by atoms with van der Waals surface area (Å²) >= 11 is 0. The third kappa shape index (κ3) is 10.3. The van der Waals surface area contributed by atoms with E-state index in [2.05, 4.69) is 0 Å². The minimum Gasteiger partial charge on any atom is -0.496 e. The lowest BCUT2D eigenvalue weighted by atomic mass is 9.80. The van der Waals surface area contributed by atoms with E-state index in [4.69, 9.17) is 37.9 Å². The Hall–Kier alpha value is -5.72. The van der Waals surface area contributed by atoms with Crippen LogP contribution in [-0.2, 0) is 51.8 Å². The Morgan fingerprint density at radius 3 is 1.79 bits per heavy atom. The minimum atomic E-state index is -1.95. The third-order valence-corrected chi connectivity index (χ3v) is 11.1. The molecule has 61 heavy (non-hydrogen) atoms. The van der Waals surface area contributed by atoms with Crippen LogP contribution < -0.4 is 18.9 Å². The predicted octanol–water partition coefficient (Wildman–Crippen LogP) is 8.19. The zero-order valence-corrected chi connectivity index (χ0v) is 34.3. The van der Waals surface area contributed by atoms with Crippen LogP contribution in [0.3, 0.4) is 0 Å². The lowest BCUT2D eigenvalue weighted by molar-refractivity contribution is -0.310. The quantitative estimate of drug-likeness (QED) is 0.0880. The molecule has 2 N–H and O–H groups in total. The Morgan fingerprint density at radius 2 is 1.18 bits per heavy atom. The molecule has 0 amide bonds. The van der Waals surface area contributed by atoms with Crippen LogP contribution in [0, 0.1) is 0 Å². The first kappa shape index (κ1) is 42.0. The molecule has 2 heterocycles. The summed E-state index contributed by atoms with van der Waals surface area (Å²) in [6, 6.07) is 49.1. The molecule has 8 rings (SSSR count). The van der Waals surface area contributed by atoms with Gasteiger partial charge < -0.3 is 48.1 Å². The van der Waals surface area contributed by atoms with Crippen molar-refractivity contribution >= 4 is 0 Å². The van der Waals surface area contributed by atoms with Crippen molar-refractivity contribution in [3.8, 4) is 23.0 Å². The van der Waals surface area contributed by atoms with Gasteiger partial charge in [0.2, 0.25) is 0 Å². The van der Waals surface area contributed by atoms with Crippen LogP contribution in [0.25, 0.3) is 0 Å². The van der Waals surface area contributed by atoms with Gasteiger partial charge in [-0.2, -0.15) is 0 Å². The van der Waals surface area contributed by atoms with Gasteiger partial charge in [-0.15, -0.1) is 0 Å². The Bertz CT molecular complexity index is 2270. The maximum Gasteiger partial charge on any atom is 0.161 e. The van der Waals surface area contributed by atoms with Crippen molar-refractivity contribution < 1.29 is 48.1 Å². The van der Waals surface area contributed by atoms with Crippen molar-refractivity contribution in [3.05, 3.63) is 191 Å². The maximum absolute atomic E-state index is 12.7. The number of benzene rings is 6. The summed E-state index contributed by atoms with van der Waals surface area (Å²) in [5.74, 6) is 2.52. The number of methoxy groups -OCH3 is 1. The van der Waals surface area contributed by atoms with Gasteiger partial charge in [-0.05, 0) is 51.6 Å². The average Bonchev–Trinajstić information content (AvgIpc) is 3.31. The highest BCUT2D eigenvalue weighted by molar-refractivity contribution is 5.52. The van der Waals surface area contributed by atoms with Gasteiger partial charge in [-0.1, -0.05) is 127 Å². The smallest absolute Gasteiger partial charge is 0.161 e. The van der Waals surface area contributed by atoms with E-state index in [9.17, 15) is 10.2 Å². The van der Waals surface area contributed by atoms with Crippen LogP contribution in [0.5, 0.6) is 23.0 Å². The number of rotatable bonds is 18. The van der Waals surface area contributed by atoms with Crippen molar-refractivity contribution in [3.63, 3.8) is 0 Å². The fourth-order valence-corrected chi connectivity index (χ4v) is 7.88. The second-order valence-electron chi connectivity index (χ2n) is 15.3. The molecule has 2 aliphatic heterocycles.